The number of carbonyl (C=O) groups is 1. The lowest BCUT2D eigenvalue weighted by atomic mass is 9.78. The van der Waals surface area contributed by atoms with Crippen LogP contribution in [0, 0.1) is 5.41 Å². The molecule has 0 saturated heterocycles. The van der Waals surface area contributed by atoms with E-state index in [1.165, 1.54) is 0 Å². The summed E-state index contributed by atoms with van der Waals surface area (Å²) < 4.78 is 5.47. The molecule has 3 nitrogen and oxygen atoms in total. The maximum atomic E-state index is 12.7. The number of Topliss-reactive ketones (excluding diaryl/α,β-unsaturated/α-hetero) is 1. The molecule has 1 saturated carbocycles. The van der Waals surface area contributed by atoms with Crippen LogP contribution >= 0.6 is 0 Å². The zero-order chi connectivity index (χ0) is 12.8. The molecular formula is C15H19NO2. The first-order chi connectivity index (χ1) is 8.61. The molecule has 0 radical (unpaired) electrons. The number of ether oxygens (including phenoxy) is 1. The minimum Gasteiger partial charge on any atom is -0.493 e. The third-order valence-electron chi connectivity index (χ3n) is 4.50. The van der Waals surface area contributed by atoms with Gasteiger partial charge in [-0.1, -0.05) is 13.3 Å². The van der Waals surface area contributed by atoms with Crippen molar-refractivity contribution in [2.24, 2.45) is 11.1 Å². The molecule has 18 heavy (non-hydrogen) atoms. The van der Waals surface area contributed by atoms with Gasteiger partial charge in [-0.15, -0.1) is 0 Å². The monoisotopic (exact) mass is 245 g/mol. The van der Waals surface area contributed by atoms with Crippen LogP contribution in [0.5, 0.6) is 5.75 Å². The zero-order valence-corrected chi connectivity index (χ0v) is 10.7. The third kappa shape index (κ3) is 1.65. The summed E-state index contributed by atoms with van der Waals surface area (Å²) in [4.78, 5) is 12.7. The Balaban J connectivity index is 1.93. The second kappa shape index (κ2) is 4.09. The Hall–Kier alpha value is -1.35. The number of rotatable bonds is 2. The summed E-state index contributed by atoms with van der Waals surface area (Å²) in [6.07, 6.45) is 3.81. The Bertz CT molecular complexity index is 497. The highest BCUT2D eigenvalue weighted by atomic mass is 16.5. The molecule has 2 atom stereocenters. The molecule has 96 valence electrons. The van der Waals surface area contributed by atoms with Gasteiger partial charge in [-0.2, -0.15) is 0 Å². The van der Waals surface area contributed by atoms with Crippen LogP contribution in [0.25, 0.3) is 0 Å². The van der Waals surface area contributed by atoms with Crippen molar-refractivity contribution in [3.8, 4) is 5.75 Å². The van der Waals surface area contributed by atoms with Crippen LogP contribution in [0.2, 0.25) is 0 Å². The summed E-state index contributed by atoms with van der Waals surface area (Å²) in [5.74, 6) is 1.12. The Morgan fingerprint density at radius 3 is 3.06 bits per heavy atom. The Kier molecular flexibility index (Phi) is 2.67. The number of nitrogens with two attached hydrogens (primary N) is 1. The summed E-state index contributed by atoms with van der Waals surface area (Å²) in [6, 6.07) is 5.78. The largest absolute Gasteiger partial charge is 0.493 e. The summed E-state index contributed by atoms with van der Waals surface area (Å²) in [5.41, 5.74) is 7.68. The Labute approximate surface area is 107 Å². The molecule has 2 N–H and O–H groups in total. The van der Waals surface area contributed by atoms with E-state index in [1.54, 1.807) is 0 Å². The number of hydrogen-bond donors (Lipinski definition) is 1. The van der Waals surface area contributed by atoms with E-state index in [0.717, 1.165) is 49.2 Å². The molecule has 2 unspecified atom stereocenters. The van der Waals surface area contributed by atoms with Crippen molar-refractivity contribution in [3.05, 3.63) is 29.3 Å². The highest BCUT2D eigenvalue weighted by Gasteiger charge is 2.43. The summed E-state index contributed by atoms with van der Waals surface area (Å²) >= 11 is 0. The van der Waals surface area contributed by atoms with Crippen molar-refractivity contribution < 1.29 is 9.53 Å². The van der Waals surface area contributed by atoms with Gasteiger partial charge in [0.2, 0.25) is 0 Å². The van der Waals surface area contributed by atoms with E-state index in [9.17, 15) is 4.79 Å². The van der Waals surface area contributed by atoms with Crippen molar-refractivity contribution in [1.29, 1.82) is 0 Å². The topological polar surface area (TPSA) is 52.3 Å². The van der Waals surface area contributed by atoms with Crippen LogP contribution in [0.4, 0.5) is 0 Å². The average molecular weight is 245 g/mol. The van der Waals surface area contributed by atoms with E-state index in [2.05, 4.69) is 0 Å². The lowest BCUT2D eigenvalue weighted by molar-refractivity contribution is 0.0802. The van der Waals surface area contributed by atoms with Crippen molar-refractivity contribution in [2.45, 2.75) is 38.6 Å². The summed E-state index contributed by atoms with van der Waals surface area (Å²) in [5, 5.41) is 0. The van der Waals surface area contributed by atoms with Gasteiger partial charge in [0.15, 0.2) is 5.78 Å². The smallest absolute Gasteiger partial charge is 0.170 e. The predicted molar refractivity (Wildman–Crippen MR) is 69.9 cm³/mol. The minimum atomic E-state index is -0.381. The molecule has 2 aliphatic rings. The molecule has 1 aromatic carbocycles. The average Bonchev–Trinajstić information content (AvgIpc) is 2.96. The van der Waals surface area contributed by atoms with Crippen molar-refractivity contribution in [1.82, 2.24) is 0 Å². The normalized spacial score (nSPS) is 30.0. The van der Waals surface area contributed by atoms with Crippen LogP contribution in [0.15, 0.2) is 18.2 Å². The number of carbonyl (C=O) groups excluding carboxylic acids is 1. The fourth-order valence-corrected chi connectivity index (χ4v) is 3.13. The molecule has 0 aromatic heterocycles. The summed E-state index contributed by atoms with van der Waals surface area (Å²) in [7, 11) is 0. The Morgan fingerprint density at radius 2 is 2.33 bits per heavy atom. The maximum Gasteiger partial charge on any atom is 0.170 e. The van der Waals surface area contributed by atoms with Gasteiger partial charge in [-0.3, -0.25) is 4.79 Å². The second-order valence-electron chi connectivity index (χ2n) is 5.67. The van der Waals surface area contributed by atoms with Gasteiger partial charge in [0.05, 0.1) is 6.61 Å². The molecule has 1 heterocycles. The highest BCUT2D eigenvalue weighted by Crippen LogP contribution is 2.40. The first kappa shape index (κ1) is 11.7. The maximum absolute atomic E-state index is 12.7. The highest BCUT2D eigenvalue weighted by molar-refractivity contribution is 6.01. The molecule has 1 aliphatic carbocycles. The van der Waals surface area contributed by atoms with E-state index in [4.69, 9.17) is 10.5 Å². The third-order valence-corrected chi connectivity index (χ3v) is 4.50. The first-order valence-electron chi connectivity index (χ1n) is 6.67. The van der Waals surface area contributed by atoms with Crippen molar-refractivity contribution in [3.63, 3.8) is 0 Å². The summed E-state index contributed by atoms with van der Waals surface area (Å²) in [6.45, 7) is 2.74. The number of fused-ring (bicyclic) bond motifs is 1. The van der Waals surface area contributed by atoms with Crippen molar-refractivity contribution in [2.75, 3.05) is 6.61 Å². The molecule has 1 fully saturated rings. The quantitative estimate of drug-likeness (QED) is 0.813. The molecule has 1 aliphatic heterocycles. The fourth-order valence-electron chi connectivity index (χ4n) is 3.13. The van der Waals surface area contributed by atoms with Crippen LogP contribution in [0.1, 0.15) is 42.1 Å². The lowest BCUT2D eigenvalue weighted by Crippen LogP contribution is -2.41. The molecule has 0 bridgehead atoms. The molecule has 0 amide bonds. The van der Waals surface area contributed by atoms with Gasteiger partial charge in [-0.05, 0) is 36.6 Å². The Morgan fingerprint density at radius 1 is 1.50 bits per heavy atom. The second-order valence-corrected chi connectivity index (χ2v) is 5.67. The van der Waals surface area contributed by atoms with Gasteiger partial charge < -0.3 is 10.5 Å². The van der Waals surface area contributed by atoms with Crippen LogP contribution in [-0.2, 0) is 6.42 Å². The van der Waals surface area contributed by atoms with E-state index < -0.39 is 0 Å². The number of ketones is 1. The molecule has 1 aromatic rings. The van der Waals surface area contributed by atoms with E-state index >= 15 is 0 Å². The number of benzene rings is 1. The van der Waals surface area contributed by atoms with Gasteiger partial charge in [0.25, 0.3) is 0 Å². The minimum absolute atomic E-state index is 0.00509. The fraction of sp³-hybridized carbons (Fsp3) is 0.533. The van der Waals surface area contributed by atoms with Crippen LogP contribution in [0.3, 0.4) is 0 Å². The lowest BCUT2D eigenvalue weighted by Gasteiger charge is -2.27. The number of hydrogen-bond acceptors (Lipinski definition) is 3. The predicted octanol–water partition coefficient (Wildman–Crippen LogP) is 2.32. The standard InChI is InChI=1S/C15H19NO2/c1-15(7-2-3-13(15)16)14(17)11-4-5-12-10(9-11)6-8-18-12/h4-5,9,13H,2-3,6-8,16H2,1H3. The van der Waals surface area contributed by atoms with Gasteiger partial charge >= 0.3 is 0 Å². The SMILES string of the molecule is CC1(C(=O)c2ccc3c(c2)CCO3)CCCC1N. The van der Waals surface area contributed by atoms with Gasteiger partial charge in [-0.25, -0.2) is 0 Å². The van der Waals surface area contributed by atoms with Gasteiger partial charge in [0, 0.05) is 23.4 Å². The van der Waals surface area contributed by atoms with Gasteiger partial charge in [0.1, 0.15) is 5.75 Å². The first-order valence-corrected chi connectivity index (χ1v) is 6.67. The van der Waals surface area contributed by atoms with E-state index in [1.807, 2.05) is 25.1 Å². The molecule has 0 spiro atoms. The molecule has 3 rings (SSSR count). The van der Waals surface area contributed by atoms with E-state index in [-0.39, 0.29) is 17.2 Å². The zero-order valence-electron chi connectivity index (χ0n) is 10.7. The molecule has 3 heteroatoms. The van der Waals surface area contributed by atoms with Crippen LogP contribution in [-0.4, -0.2) is 18.4 Å². The molecular weight excluding hydrogens is 226 g/mol. The van der Waals surface area contributed by atoms with Crippen molar-refractivity contribution >= 4 is 5.78 Å². The van der Waals surface area contributed by atoms with E-state index in [0.29, 0.717) is 0 Å². The van der Waals surface area contributed by atoms with Crippen LogP contribution < -0.4 is 10.5 Å².